The molecule has 0 amide bonds. The summed E-state index contributed by atoms with van der Waals surface area (Å²) in [6.07, 6.45) is 1.50. The summed E-state index contributed by atoms with van der Waals surface area (Å²) in [6, 6.07) is 13.8. The number of nitrogens with zero attached hydrogens (tertiary/aromatic N) is 1. The molecule has 0 atom stereocenters. The van der Waals surface area contributed by atoms with Gasteiger partial charge < -0.3 is 15.2 Å². The van der Waals surface area contributed by atoms with Crippen molar-refractivity contribution in [3.63, 3.8) is 0 Å². The van der Waals surface area contributed by atoms with Gasteiger partial charge in [-0.05, 0) is 48.1 Å². The van der Waals surface area contributed by atoms with Crippen molar-refractivity contribution in [2.75, 3.05) is 7.11 Å². The van der Waals surface area contributed by atoms with Gasteiger partial charge in [-0.1, -0.05) is 18.2 Å². The molecule has 2 aromatic carbocycles. The lowest BCUT2D eigenvalue weighted by Gasteiger charge is -2.10. The third-order valence-corrected chi connectivity index (χ3v) is 2.88. The number of hydrogen-bond acceptors (Lipinski definition) is 5. The van der Waals surface area contributed by atoms with Crippen molar-refractivity contribution >= 4 is 29.5 Å². The van der Waals surface area contributed by atoms with E-state index in [9.17, 15) is 4.79 Å². The quantitative estimate of drug-likeness (QED) is 0.287. The molecular weight excluding hydrogens is 314 g/mol. The number of carbonyl (C=O) groups is 1. The first-order chi connectivity index (χ1) is 11.1. The van der Waals surface area contributed by atoms with E-state index < -0.39 is 5.97 Å². The van der Waals surface area contributed by atoms with Crippen LogP contribution in [0, 0.1) is 0 Å². The second-order valence-electron chi connectivity index (χ2n) is 4.40. The topological polar surface area (TPSA) is 85.9 Å². The molecule has 0 aromatic heterocycles. The van der Waals surface area contributed by atoms with Crippen molar-refractivity contribution in [3.8, 4) is 11.5 Å². The van der Waals surface area contributed by atoms with Gasteiger partial charge in [0.2, 0.25) is 0 Å². The monoisotopic (exact) mass is 329 g/mol. The van der Waals surface area contributed by atoms with E-state index in [1.165, 1.54) is 13.3 Å². The zero-order chi connectivity index (χ0) is 16.7. The highest BCUT2D eigenvalue weighted by Crippen LogP contribution is 2.28. The van der Waals surface area contributed by atoms with Crippen molar-refractivity contribution in [3.05, 3.63) is 59.7 Å². The van der Waals surface area contributed by atoms with Crippen molar-refractivity contribution in [2.45, 2.75) is 0 Å². The van der Waals surface area contributed by atoms with E-state index in [-0.39, 0.29) is 5.11 Å². The summed E-state index contributed by atoms with van der Waals surface area (Å²) in [5, 5.41) is 3.91. The lowest BCUT2D eigenvalue weighted by Crippen LogP contribution is -2.23. The largest absolute Gasteiger partial charge is 0.493 e. The number of thiocarbonyl (C=S) groups is 1. The molecule has 7 heteroatoms. The highest BCUT2D eigenvalue weighted by molar-refractivity contribution is 7.80. The van der Waals surface area contributed by atoms with Gasteiger partial charge in [0.05, 0.1) is 18.9 Å². The molecule has 6 nitrogen and oxygen atoms in total. The van der Waals surface area contributed by atoms with E-state index >= 15 is 0 Å². The number of benzene rings is 2. The lowest BCUT2D eigenvalue weighted by molar-refractivity contribution is 0.0729. The van der Waals surface area contributed by atoms with E-state index in [0.29, 0.717) is 22.6 Å². The highest BCUT2D eigenvalue weighted by Gasteiger charge is 2.12. The van der Waals surface area contributed by atoms with Gasteiger partial charge in [-0.15, -0.1) is 0 Å². The minimum Gasteiger partial charge on any atom is -0.493 e. The number of methoxy groups -OCH3 is 1. The van der Waals surface area contributed by atoms with Crippen molar-refractivity contribution in [1.29, 1.82) is 0 Å². The lowest BCUT2D eigenvalue weighted by atomic mass is 10.2. The fourth-order valence-corrected chi connectivity index (χ4v) is 1.81. The summed E-state index contributed by atoms with van der Waals surface area (Å²) in [4.78, 5) is 12.1. The molecule has 0 heterocycles. The Hall–Kier alpha value is -2.93. The molecular formula is C16H15N3O3S. The van der Waals surface area contributed by atoms with E-state index in [4.69, 9.17) is 15.2 Å². The molecule has 0 aliphatic carbocycles. The Balaban J connectivity index is 2.20. The van der Waals surface area contributed by atoms with Crippen LogP contribution < -0.4 is 20.6 Å². The standard InChI is InChI=1S/C16H15N3O3S/c1-21-13-8-7-11(10-18-19-16(17)23)9-14(13)22-15(20)12-5-3-2-4-6-12/h2-10H,1H3,(H3,17,19,23)/b18-10-. The van der Waals surface area contributed by atoms with Gasteiger partial charge in [0.1, 0.15) is 0 Å². The first kappa shape index (κ1) is 16.4. The van der Waals surface area contributed by atoms with Gasteiger partial charge in [-0.25, -0.2) is 4.79 Å². The Kier molecular flexibility index (Phi) is 5.65. The number of nitrogens with two attached hydrogens (primary N) is 1. The maximum absolute atomic E-state index is 12.1. The Bertz CT molecular complexity index is 733. The number of rotatable bonds is 5. The summed E-state index contributed by atoms with van der Waals surface area (Å²) < 4.78 is 10.6. The molecule has 0 fully saturated rings. The molecule has 0 aliphatic rings. The summed E-state index contributed by atoms with van der Waals surface area (Å²) in [6.45, 7) is 0. The number of nitrogens with one attached hydrogen (secondary N) is 1. The van der Waals surface area contributed by atoms with E-state index in [1.54, 1.807) is 42.5 Å². The van der Waals surface area contributed by atoms with Crippen LogP contribution in [-0.4, -0.2) is 24.4 Å². The van der Waals surface area contributed by atoms with Crippen molar-refractivity contribution in [2.24, 2.45) is 10.8 Å². The summed E-state index contributed by atoms with van der Waals surface area (Å²) >= 11 is 4.65. The molecule has 3 N–H and O–H groups in total. The molecule has 2 rings (SSSR count). The fraction of sp³-hybridized carbons (Fsp3) is 0.0625. The Morgan fingerprint density at radius 2 is 1.96 bits per heavy atom. The van der Waals surface area contributed by atoms with Crippen LogP contribution in [0.15, 0.2) is 53.6 Å². The molecule has 2 aromatic rings. The molecule has 0 saturated carbocycles. The van der Waals surface area contributed by atoms with E-state index in [2.05, 4.69) is 22.7 Å². The summed E-state index contributed by atoms with van der Waals surface area (Å²) in [5.41, 5.74) is 8.86. The molecule has 0 spiro atoms. The molecule has 23 heavy (non-hydrogen) atoms. The average Bonchev–Trinajstić information content (AvgIpc) is 2.55. The summed E-state index contributed by atoms with van der Waals surface area (Å²) in [7, 11) is 1.50. The van der Waals surface area contributed by atoms with Crippen LogP contribution in [-0.2, 0) is 0 Å². The SMILES string of the molecule is COc1ccc(/C=N\NC(N)=S)cc1OC(=O)c1ccccc1. The predicted octanol–water partition coefficient (Wildman–Crippen LogP) is 2.08. The Labute approximate surface area is 138 Å². The minimum absolute atomic E-state index is 0.0606. The number of esters is 1. The normalized spacial score (nSPS) is 10.3. The molecule has 0 aliphatic heterocycles. The van der Waals surface area contributed by atoms with Crippen LogP contribution in [0.3, 0.4) is 0 Å². The smallest absolute Gasteiger partial charge is 0.343 e. The van der Waals surface area contributed by atoms with Crippen molar-refractivity contribution < 1.29 is 14.3 Å². The maximum atomic E-state index is 12.1. The molecule has 118 valence electrons. The molecule has 0 radical (unpaired) electrons. The third kappa shape index (κ3) is 4.79. The summed E-state index contributed by atoms with van der Waals surface area (Å²) in [5.74, 6) is 0.258. The molecule has 0 bridgehead atoms. The molecule has 0 unspecified atom stereocenters. The van der Waals surface area contributed by atoms with Crippen LogP contribution in [0.4, 0.5) is 0 Å². The van der Waals surface area contributed by atoms with Crippen LogP contribution in [0.1, 0.15) is 15.9 Å². The van der Waals surface area contributed by atoms with Crippen LogP contribution in [0.2, 0.25) is 0 Å². The van der Waals surface area contributed by atoms with Crippen LogP contribution in [0.25, 0.3) is 0 Å². The van der Waals surface area contributed by atoms with Gasteiger partial charge in [-0.2, -0.15) is 5.10 Å². The second-order valence-corrected chi connectivity index (χ2v) is 4.84. The zero-order valence-electron chi connectivity index (χ0n) is 12.4. The maximum Gasteiger partial charge on any atom is 0.343 e. The molecule has 0 saturated heterocycles. The highest BCUT2D eigenvalue weighted by atomic mass is 32.1. The third-order valence-electron chi connectivity index (χ3n) is 2.79. The number of ether oxygens (including phenoxy) is 2. The first-order valence-corrected chi connectivity index (χ1v) is 7.04. The van der Waals surface area contributed by atoms with Gasteiger partial charge in [0.25, 0.3) is 0 Å². The first-order valence-electron chi connectivity index (χ1n) is 6.64. The van der Waals surface area contributed by atoms with Crippen LogP contribution >= 0.6 is 12.2 Å². The van der Waals surface area contributed by atoms with Gasteiger partial charge in [0, 0.05) is 0 Å². The van der Waals surface area contributed by atoms with E-state index in [1.807, 2.05) is 6.07 Å². The second kappa shape index (κ2) is 7.90. The Morgan fingerprint density at radius 1 is 1.22 bits per heavy atom. The average molecular weight is 329 g/mol. The number of carbonyl (C=O) groups excluding carboxylic acids is 1. The van der Waals surface area contributed by atoms with Gasteiger partial charge >= 0.3 is 5.97 Å². The zero-order valence-corrected chi connectivity index (χ0v) is 13.2. The van der Waals surface area contributed by atoms with Crippen LogP contribution in [0.5, 0.6) is 11.5 Å². The number of hydrazone groups is 1. The van der Waals surface area contributed by atoms with E-state index in [0.717, 1.165) is 0 Å². The van der Waals surface area contributed by atoms with Crippen molar-refractivity contribution in [1.82, 2.24) is 5.43 Å². The van der Waals surface area contributed by atoms with Gasteiger partial charge in [0.15, 0.2) is 16.6 Å². The Morgan fingerprint density at radius 3 is 2.61 bits per heavy atom. The predicted molar refractivity (Wildman–Crippen MR) is 91.9 cm³/mol. The van der Waals surface area contributed by atoms with Gasteiger partial charge in [-0.3, -0.25) is 5.43 Å². The number of hydrogen-bond donors (Lipinski definition) is 2. The fourth-order valence-electron chi connectivity index (χ4n) is 1.76. The minimum atomic E-state index is -0.473.